The summed E-state index contributed by atoms with van der Waals surface area (Å²) in [4.78, 5) is 0. The summed E-state index contributed by atoms with van der Waals surface area (Å²) in [7, 11) is 0. The van der Waals surface area contributed by atoms with Gasteiger partial charge in [-0.2, -0.15) is 0 Å². The highest BCUT2D eigenvalue weighted by molar-refractivity contribution is 5.55. The van der Waals surface area contributed by atoms with Crippen LogP contribution in [0.4, 0.5) is 0 Å². The Morgan fingerprint density at radius 1 is 1.30 bits per heavy atom. The Hall–Kier alpha value is -1.74. The zero-order valence-corrected chi connectivity index (χ0v) is 12.9. The molecule has 0 aliphatic carbocycles. The van der Waals surface area contributed by atoms with Gasteiger partial charge in [-0.3, -0.25) is 0 Å². The molecule has 0 aliphatic heterocycles. The van der Waals surface area contributed by atoms with Crippen molar-refractivity contribution >= 4 is 0 Å². The number of allylic oxidation sites excluding steroid dienone is 4. The summed E-state index contributed by atoms with van der Waals surface area (Å²) < 4.78 is 0. The molecule has 3 N–H and O–H groups in total. The SMILES string of the molecule is C/C=C\C(C)=C\C(C)(C)c1cc(O)c(C)c(CO)c1O. The average molecular weight is 276 g/mol. The van der Waals surface area contributed by atoms with Crippen molar-refractivity contribution in [3.05, 3.63) is 46.6 Å². The number of hydrogen-bond donors (Lipinski definition) is 3. The third-order valence-corrected chi connectivity index (χ3v) is 3.53. The molecule has 1 aromatic rings. The van der Waals surface area contributed by atoms with E-state index >= 15 is 0 Å². The Labute approximate surface area is 120 Å². The summed E-state index contributed by atoms with van der Waals surface area (Å²) >= 11 is 0. The third kappa shape index (κ3) is 3.23. The molecule has 1 aromatic carbocycles. The van der Waals surface area contributed by atoms with Crippen molar-refractivity contribution in [1.29, 1.82) is 0 Å². The first-order chi connectivity index (χ1) is 9.24. The van der Waals surface area contributed by atoms with Gasteiger partial charge in [-0.05, 0) is 32.4 Å². The van der Waals surface area contributed by atoms with Crippen LogP contribution in [0.25, 0.3) is 0 Å². The lowest BCUT2D eigenvalue weighted by molar-refractivity contribution is 0.272. The molecule has 0 unspecified atom stereocenters. The minimum atomic E-state index is -0.456. The van der Waals surface area contributed by atoms with E-state index < -0.39 is 5.41 Å². The quantitative estimate of drug-likeness (QED) is 0.580. The first-order valence-electron chi connectivity index (χ1n) is 6.72. The molecular weight excluding hydrogens is 252 g/mol. The number of hydrogen-bond acceptors (Lipinski definition) is 3. The lowest BCUT2D eigenvalue weighted by Crippen LogP contribution is -2.15. The van der Waals surface area contributed by atoms with Crippen LogP contribution in [0.15, 0.2) is 29.9 Å². The van der Waals surface area contributed by atoms with E-state index in [4.69, 9.17) is 0 Å². The molecule has 0 heterocycles. The van der Waals surface area contributed by atoms with Gasteiger partial charge in [-0.1, -0.05) is 37.6 Å². The largest absolute Gasteiger partial charge is 0.508 e. The number of rotatable bonds is 4. The fraction of sp³-hybridized carbons (Fsp3) is 0.412. The fourth-order valence-corrected chi connectivity index (χ4v) is 2.45. The third-order valence-electron chi connectivity index (χ3n) is 3.53. The molecule has 0 fully saturated rings. The maximum absolute atomic E-state index is 10.4. The van der Waals surface area contributed by atoms with E-state index in [1.807, 2.05) is 45.9 Å². The van der Waals surface area contributed by atoms with Gasteiger partial charge in [0.15, 0.2) is 0 Å². The van der Waals surface area contributed by atoms with Crippen LogP contribution in [0.1, 0.15) is 44.4 Å². The second-order valence-electron chi connectivity index (χ2n) is 5.66. The van der Waals surface area contributed by atoms with Gasteiger partial charge in [0.2, 0.25) is 0 Å². The van der Waals surface area contributed by atoms with E-state index in [0.717, 1.165) is 5.57 Å². The smallest absolute Gasteiger partial charge is 0.125 e. The molecular formula is C17H24O3. The van der Waals surface area contributed by atoms with Crippen molar-refractivity contribution in [2.24, 2.45) is 0 Å². The predicted molar refractivity (Wildman–Crippen MR) is 82.0 cm³/mol. The Balaban J connectivity index is 3.46. The molecule has 3 heteroatoms. The molecule has 0 bridgehead atoms. The minimum Gasteiger partial charge on any atom is -0.508 e. The predicted octanol–water partition coefficient (Wildman–Crippen LogP) is 3.70. The van der Waals surface area contributed by atoms with E-state index in [2.05, 4.69) is 0 Å². The fourth-order valence-electron chi connectivity index (χ4n) is 2.45. The van der Waals surface area contributed by atoms with Gasteiger partial charge in [0.1, 0.15) is 11.5 Å². The van der Waals surface area contributed by atoms with Crippen LogP contribution in [0.5, 0.6) is 11.5 Å². The molecule has 1 rings (SSSR count). The van der Waals surface area contributed by atoms with Crippen LogP contribution >= 0.6 is 0 Å². The van der Waals surface area contributed by atoms with Crippen molar-refractivity contribution in [3.8, 4) is 11.5 Å². The molecule has 0 spiro atoms. The highest BCUT2D eigenvalue weighted by Gasteiger charge is 2.25. The number of phenolic OH excluding ortho intramolecular Hbond substituents is 1. The number of aliphatic hydroxyl groups excluding tert-OH is 1. The molecule has 0 aliphatic rings. The van der Waals surface area contributed by atoms with E-state index in [0.29, 0.717) is 16.7 Å². The Morgan fingerprint density at radius 2 is 1.90 bits per heavy atom. The number of aromatic hydroxyl groups is 2. The second-order valence-corrected chi connectivity index (χ2v) is 5.66. The molecule has 0 aromatic heterocycles. The molecule has 110 valence electrons. The summed E-state index contributed by atoms with van der Waals surface area (Å²) in [6.45, 7) is 9.24. The summed E-state index contributed by atoms with van der Waals surface area (Å²) in [6.07, 6.45) is 5.96. The highest BCUT2D eigenvalue weighted by Crippen LogP contribution is 2.40. The second kappa shape index (κ2) is 6.14. The number of phenols is 2. The summed E-state index contributed by atoms with van der Waals surface area (Å²) in [5.74, 6) is 0.143. The van der Waals surface area contributed by atoms with E-state index in [-0.39, 0.29) is 18.1 Å². The van der Waals surface area contributed by atoms with Crippen LogP contribution in [0, 0.1) is 6.92 Å². The molecule has 3 nitrogen and oxygen atoms in total. The first-order valence-corrected chi connectivity index (χ1v) is 6.72. The molecule has 0 amide bonds. The number of aliphatic hydroxyl groups is 1. The van der Waals surface area contributed by atoms with Gasteiger partial charge in [0, 0.05) is 16.5 Å². The van der Waals surface area contributed by atoms with E-state index in [1.165, 1.54) is 0 Å². The standard InChI is InChI=1S/C17H24O3/c1-6-7-11(2)9-17(4,5)14-8-15(19)12(3)13(10-18)16(14)20/h6-9,18-20H,10H2,1-5H3/b7-6-,11-9+. The summed E-state index contributed by atoms with van der Waals surface area (Å²) in [5.41, 5.74) is 2.11. The van der Waals surface area contributed by atoms with Gasteiger partial charge in [0.25, 0.3) is 0 Å². The summed E-state index contributed by atoms with van der Waals surface area (Å²) in [6, 6.07) is 1.57. The van der Waals surface area contributed by atoms with Crippen molar-refractivity contribution in [3.63, 3.8) is 0 Å². The maximum atomic E-state index is 10.4. The average Bonchev–Trinajstić information content (AvgIpc) is 2.34. The first kappa shape index (κ1) is 16.3. The van der Waals surface area contributed by atoms with E-state index in [9.17, 15) is 15.3 Å². The lowest BCUT2D eigenvalue weighted by atomic mass is 9.80. The van der Waals surface area contributed by atoms with Crippen molar-refractivity contribution < 1.29 is 15.3 Å². The monoisotopic (exact) mass is 276 g/mol. The minimum absolute atomic E-state index is 0.0531. The van der Waals surface area contributed by atoms with Gasteiger partial charge in [0.05, 0.1) is 6.61 Å². The van der Waals surface area contributed by atoms with Crippen LogP contribution in [0.2, 0.25) is 0 Å². The summed E-state index contributed by atoms with van der Waals surface area (Å²) in [5, 5.41) is 29.7. The molecule has 0 radical (unpaired) electrons. The van der Waals surface area contributed by atoms with Gasteiger partial charge < -0.3 is 15.3 Å². The molecule has 0 saturated carbocycles. The Morgan fingerprint density at radius 3 is 2.40 bits per heavy atom. The Bertz CT molecular complexity index is 552. The topological polar surface area (TPSA) is 60.7 Å². The zero-order valence-electron chi connectivity index (χ0n) is 12.9. The van der Waals surface area contributed by atoms with Crippen LogP contribution in [-0.2, 0) is 12.0 Å². The normalized spacial score (nSPS) is 13.2. The number of benzene rings is 1. The lowest BCUT2D eigenvalue weighted by Gasteiger charge is -2.25. The van der Waals surface area contributed by atoms with Crippen LogP contribution in [-0.4, -0.2) is 15.3 Å². The Kier molecular flexibility index (Phi) is 5.01. The molecule has 0 atom stereocenters. The van der Waals surface area contributed by atoms with Crippen LogP contribution < -0.4 is 0 Å². The molecule has 20 heavy (non-hydrogen) atoms. The van der Waals surface area contributed by atoms with Gasteiger partial charge in [-0.15, -0.1) is 0 Å². The van der Waals surface area contributed by atoms with Crippen molar-refractivity contribution in [2.45, 2.75) is 46.6 Å². The van der Waals surface area contributed by atoms with Gasteiger partial charge >= 0.3 is 0 Å². The molecule has 0 saturated heterocycles. The maximum Gasteiger partial charge on any atom is 0.125 e. The van der Waals surface area contributed by atoms with Crippen molar-refractivity contribution in [2.75, 3.05) is 0 Å². The van der Waals surface area contributed by atoms with E-state index in [1.54, 1.807) is 13.0 Å². The van der Waals surface area contributed by atoms with Crippen molar-refractivity contribution in [1.82, 2.24) is 0 Å². The highest BCUT2D eigenvalue weighted by atomic mass is 16.3. The van der Waals surface area contributed by atoms with Gasteiger partial charge in [-0.25, -0.2) is 0 Å². The van der Waals surface area contributed by atoms with Crippen LogP contribution in [0.3, 0.4) is 0 Å². The zero-order chi connectivity index (χ0) is 15.5.